The molecule has 0 radical (unpaired) electrons. The van der Waals surface area contributed by atoms with Crippen molar-refractivity contribution >= 4 is 16.9 Å². The second-order valence-electron chi connectivity index (χ2n) is 6.42. The number of nitrogens with zero attached hydrogens (tertiary/aromatic N) is 6. The summed E-state index contributed by atoms with van der Waals surface area (Å²) in [6, 6.07) is 7.09. The Morgan fingerprint density at radius 2 is 1.84 bits per heavy atom. The Morgan fingerprint density at radius 1 is 1.08 bits per heavy atom. The van der Waals surface area contributed by atoms with Gasteiger partial charge in [0.1, 0.15) is 18.0 Å². The first kappa shape index (κ1) is 16.0. The molecule has 4 rings (SSSR count). The SMILES string of the molecule is C[C@H](c1ccccc1F)N1CCN(c2ncnc3c2cnn3C)CC1. The summed E-state index contributed by atoms with van der Waals surface area (Å²) in [6.45, 7) is 5.49. The molecule has 1 atom stereocenters. The van der Waals surface area contributed by atoms with E-state index in [1.165, 1.54) is 6.07 Å². The summed E-state index contributed by atoms with van der Waals surface area (Å²) in [5.41, 5.74) is 1.60. The lowest BCUT2D eigenvalue weighted by atomic mass is 10.1. The zero-order valence-corrected chi connectivity index (χ0v) is 14.4. The molecule has 7 heteroatoms. The van der Waals surface area contributed by atoms with Crippen molar-refractivity contribution < 1.29 is 4.39 Å². The van der Waals surface area contributed by atoms with Crippen molar-refractivity contribution in [3.05, 3.63) is 48.2 Å². The van der Waals surface area contributed by atoms with Gasteiger partial charge in [-0.3, -0.25) is 9.58 Å². The molecule has 0 saturated carbocycles. The number of aromatic nitrogens is 4. The van der Waals surface area contributed by atoms with Crippen LogP contribution in [0, 0.1) is 5.82 Å². The highest BCUT2D eigenvalue weighted by Crippen LogP contribution is 2.27. The zero-order valence-electron chi connectivity index (χ0n) is 14.4. The number of hydrogen-bond donors (Lipinski definition) is 0. The van der Waals surface area contributed by atoms with E-state index in [0.29, 0.717) is 0 Å². The fourth-order valence-corrected chi connectivity index (χ4v) is 3.53. The summed E-state index contributed by atoms with van der Waals surface area (Å²) in [4.78, 5) is 13.3. The summed E-state index contributed by atoms with van der Waals surface area (Å²) in [7, 11) is 1.88. The van der Waals surface area contributed by atoms with E-state index in [0.717, 1.165) is 48.6 Å². The fraction of sp³-hybridized carbons (Fsp3) is 0.389. The van der Waals surface area contributed by atoms with Crippen LogP contribution in [0.25, 0.3) is 11.0 Å². The average molecular weight is 340 g/mol. The van der Waals surface area contributed by atoms with Crippen LogP contribution < -0.4 is 4.90 Å². The molecule has 0 unspecified atom stereocenters. The first-order valence-corrected chi connectivity index (χ1v) is 8.51. The monoisotopic (exact) mass is 340 g/mol. The van der Waals surface area contributed by atoms with E-state index in [9.17, 15) is 4.39 Å². The standard InChI is InChI=1S/C18H21FN6/c1-13(14-5-3-4-6-16(14)19)24-7-9-25(10-8-24)18-15-11-22-23(2)17(15)20-12-21-18/h3-6,11-13H,7-10H2,1-2H3/t13-/m1/s1. The third-order valence-electron chi connectivity index (χ3n) is 5.03. The number of halogens is 1. The number of piperazine rings is 1. The van der Waals surface area contributed by atoms with Crippen molar-refractivity contribution in [2.75, 3.05) is 31.1 Å². The maximum Gasteiger partial charge on any atom is 0.163 e. The van der Waals surface area contributed by atoms with E-state index in [1.54, 1.807) is 17.1 Å². The quantitative estimate of drug-likeness (QED) is 0.733. The molecule has 1 fully saturated rings. The summed E-state index contributed by atoms with van der Waals surface area (Å²) in [5, 5.41) is 5.25. The van der Waals surface area contributed by atoms with Crippen LogP contribution in [0.15, 0.2) is 36.8 Å². The predicted octanol–water partition coefficient (Wildman–Crippen LogP) is 2.39. The Balaban J connectivity index is 1.50. The smallest absolute Gasteiger partial charge is 0.163 e. The number of hydrogen-bond acceptors (Lipinski definition) is 5. The van der Waals surface area contributed by atoms with E-state index in [4.69, 9.17) is 0 Å². The van der Waals surface area contributed by atoms with E-state index in [2.05, 4.69) is 31.8 Å². The van der Waals surface area contributed by atoms with Crippen LogP contribution in [-0.4, -0.2) is 50.8 Å². The minimum atomic E-state index is -0.134. The Kier molecular flexibility index (Phi) is 4.09. The van der Waals surface area contributed by atoms with Crippen molar-refractivity contribution in [1.29, 1.82) is 0 Å². The van der Waals surface area contributed by atoms with Gasteiger partial charge in [-0.2, -0.15) is 5.10 Å². The van der Waals surface area contributed by atoms with Crippen LogP contribution in [-0.2, 0) is 7.05 Å². The minimum Gasteiger partial charge on any atom is -0.353 e. The molecule has 0 amide bonds. The van der Waals surface area contributed by atoms with Gasteiger partial charge in [-0.1, -0.05) is 18.2 Å². The van der Waals surface area contributed by atoms with Gasteiger partial charge in [0.25, 0.3) is 0 Å². The highest BCUT2D eigenvalue weighted by atomic mass is 19.1. The molecule has 0 N–H and O–H groups in total. The lowest BCUT2D eigenvalue weighted by molar-refractivity contribution is 0.195. The molecular weight excluding hydrogens is 319 g/mol. The van der Waals surface area contributed by atoms with Crippen molar-refractivity contribution in [3.63, 3.8) is 0 Å². The molecule has 0 spiro atoms. The normalized spacial score (nSPS) is 17.2. The largest absolute Gasteiger partial charge is 0.353 e. The minimum absolute atomic E-state index is 0.0622. The van der Waals surface area contributed by atoms with E-state index in [-0.39, 0.29) is 11.9 Å². The Labute approximate surface area is 145 Å². The number of aryl methyl sites for hydroxylation is 1. The highest BCUT2D eigenvalue weighted by molar-refractivity contribution is 5.86. The first-order valence-electron chi connectivity index (χ1n) is 8.51. The van der Waals surface area contributed by atoms with E-state index in [1.807, 2.05) is 25.4 Å². The lowest BCUT2D eigenvalue weighted by Crippen LogP contribution is -2.47. The zero-order chi connectivity index (χ0) is 17.4. The van der Waals surface area contributed by atoms with Gasteiger partial charge in [-0.15, -0.1) is 0 Å². The molecule has 0 bridgehead atoms. The van der Waals surface area contributed by atoms with Gasteiger partial charge in [0, 0.05) is 44.8 Å². The van der Waals surface area contributed by atoms with Gasteiger partial charge >= 0.3 is 0 Å². The molecule has 2 aromatic heterocycles. The average Bonchev–Trinajstić information content (AvgIpc) is 3.03. The van der Waals surface area contributed by atoms with Crippen LogP contribution >= 0.6 is 0 Å². The third kappa shape index (κ3) is 2.84. The summed E-state index contributed by atoms with van der Waals surface area (Å²) < 4.78 is 15.8. The second kappa shape index (κ2) is 6.40. The van der Waals surface area contributed by atoms with Gasteiger partial charge in [0.15, 0.2) is 5.65 Å². The van der Waals surface area contributed by atoms with Gasteiger partial charge < -0.3 is 4.90 Å². The van der Waals surface area contributed by atoms with Crippen molar-refractivity contribution in [2.45, 2.75) is 13.0 Å². The predicted molar refractivity (Wildman–Crippen MR) is 94.9 cm³/mol. The number of anilines is 1. The Bertz CT molecular complexity index is 884. The Morgan fingerprint density at radius 3 is 2.60 bits per heavy atom. The maximum absolute atomic E-state index is 14.1. The van der Waals surface area contributed by atoms with Gasteiger partial charge in [-0.05, 0) is 13.0 Å². The molecule has 1 aliphatic rings. The summed E-state index contributed by atoms with van der Waals surface area (Å²) in [5.74, 6) is 0.793. The van der Waals surface area contributed by atoms with Crippen LogP contribution in [0.1, 0.15) is 18.5 Å². The molecule has 1 aliphatic heterocycles. The van der Waals surface area contributed by atoms with Crippen LogP contribution in [0.5, 0.6) is 0 Å². The summed E-state index contributed by atoms with van der Waals surface area (Å²) in [6.07, 6.45) is 3.41. The van der Waals surface area contributed by atoms with E-state index < -0.39 is 0 Å². The van der Waals surface area contributed by atoms with Crippen LogP contribution in [0.2, 0.25) is 0 Å². The topological polar surface area (TPSA) is 50.1 Å². The number of benzene rings is 1. The fourth-order valence-electron chi connectivity index (χ4n) is 3.53. The van der Waals surface area contributed by atoms with Gasteiger partial charge in [0.2, 0.25) is 0 Å². The van der Waals surface area contributed by atoms with Crippen LogP contribution in [0.3, 0.4) is 0 Å². The van der Waals surface area contributed by atoms with Gasteiger partial charge in [0.05, 0.1) is 11.6 Å². The van der Waals surface area contributed by atoms with Crippen molar-refractivity contribution in [3.8, 4) is 0 Å². The molecule has 0 aliphatic carbocycles. The molecule has 1 saturated heterocycles. The molecular formula is C18H21FN6. The van der Waals surface area contributed by atoms with Crippen molar-refractivity contribution in [2.24, 2.45) is 7.05 Å². The molecule has 3 aromatic rings. The molecule has 3 heterocycles. The molecule has 130 valence electrons. The molecule has 1 aromatic carbocycles. The maximum atomic E-state index is 14.1. The van der Waals surface area contributed by atoms with Crippen LogP contribution in [0.4, 0.5) is 10.2 Å². The first-order chi connectivity index (χ1) is 12.1. The van der Waals surface area contributed by atoms with Gasteiger partial charge in [-0.25, -0.2) is 14.4 Å². The Hall–Kier alpha value is -2.54. The number of rotatable bonds is 3. The second-order valence-corrected chi connectivity index (χ2v) is 6.42. The summed E-state index contributed by atoms with van der Waals surface area (Å²) >= 11 is 0. The van der Waals surface area contributed by atoms with Crippen molar-refractivity contribution in [1.82, 2.24) is 24.6 Å². The third-order valence-corrected chi connectivity index (χ3v) is 5.03. The van der Waals surface area contributed by atoms with E-state index >= 15 is 0 Å². The molecule has 25 heavy (non-hydrogen) atoms. The highest BCUT2D eigenvalue weighted by Gasteiger charge is 2.25. The lowest BCUT2D eigenvalue weighted by Gasteiger charge is -2.38. The number of fused-ring (bicyclic) bond motifs is 1. The molecule has 6 nitrogen and oxygen atoms in total.